The van der Waals surface area contributed by atoms with E-state index in [4.69, 9.17) is 11.6 Å². The van der Waals surface area contributed by atoms with Gasteiger partial charge in [-0.2, -0.15) is 0 Å². The highest BCUT2D eigenvalue weighted by atomic mass is 35.5. The van der Waals surface area contributed by atoms with Gasteiger partial charge in [0.05, 0.1) is 0 Å². The summed E-state index contributed by atoms with van der Waals surface area (Å²) < 4.78 is 0. The van der Waals surface area contributed by atoms with Crippen LogP contribution >= 0.6 is 11.6 Å². The van der Waals surface area contributed by atoms with Crippen molar-refractivity contribution in [3.05, 3.63) is 107 Å². The Bertz CT molecular complexity index is 678. The molecule has 0 radical (unpaired) electrons. The van der Waals surface area contributed by atoms with E-state index < -0.39 is 0 Å². The highest BCUT2D eigenvalue weighted by Crippen LogP contribution is 2.41. The first kappa shape index (κ1) is 21.0. The third-order valence-electron chi connectivity index (χ3n) is 4.11. The van der Waals surface area contributed by atoms with Crippen LogP contribution < -0.4 is 0 Å². The van der Waals surface area contributed by atoms with Gasteiger partial charge in [-0.3, -0.25) is 0 Å². The summed E-state index contributed by atoms with van der Waals surface area (Å²) in [5, 5.41) is 0.799. The molecule has 0 nitrogen and oxygen atoms in total. The van der Waals surface area contributed by atoms with Crippen LogP contribution in [0, 0.1) is 0 Å². The Morgan fingerprint density at radius 2 is 0.920 bits per heavy atom. The maximum atomic E-state index is 6.51. The van der Waals surface area contributed by atoms with E-state index in [2.05, 4.69) is 61.5 Å². The molecule has 0 aromatic heterocycles. The number of rotatable bonds is 3. The molecule has 3 aromatic carbocycles. The lowest BCUT2D eigenvalue weighted by Crippen LogP contribution is -2.25. The van der Waals surface area contributed by atoms with E-state index in [1.165, 1.54) is 11.1 Å². The van der Waals surface area contributed by atoms with Crippen LogP contribution in [0.15, 0.2) is 84.9 Å². The first-order chi connectivity index (χ1) is 12.2. The molecule has 0 fully saturated rings. The van der Waals surface area contributed by atoms with Gasteiger partial charge in [-0.05, 0) is 29.7 Å². The van der Waals surface area contributed by atoms with Crippen molar-refractivity contribution in [1.82, 2.24) is 0 Å². The first-order valence-corrected chi connectivity index (χ1v) is 9.47. The van der Waals surface area contributed by atoms with Gasteiger partial charge in [-0.15, -0.1) is 0 Å². The van der Waals surface area contributed by atoms with Crippen molar-refractivity contribution in [3.63, 3.8) is 0 Å². The fourth-order valence-corrected chi connectivity index (χ4v) is 3.21. The van der Waals surface area contributed by atoms with Gasteiger partial charge in [0.25, 0.3) is 0 Å². The van der Waals surface area contributed by atoms with Gasteiger partial charge >= 0.3 is 0 Å². The molecule has 0 heterocycles. The van der Waals surface area contributed by atoms with Crippen molar-refractivity contribution in [1.29, 1.82) is 0 Å². The molecule has 0 aliphatic carbocycles. The van der Waals surface area contributed by atoms with Gasteiger partial charge in [0, 0.05) is 10.4 Å². The van der Waals surface area contributed by atoms with E-state index in [1.807, 2.05) is 58.0 Å². The predicted molar refractivity (Wildman–Crippen MR) is 113 cm³/mol. The topological polar surface area (TPSA) is 0 Å². The number of hydrogen-bond acceptors (Lipinski definition) is 0. The molecule has 0 aliphatic rings. The molecule has 0 N–H and O–H groups in total. The van der Waals surface area contributed by atoms with E-state index in [0.717, 1.165) is 10.6 Å². The molecule has 0 spiro atoms. The summed E-state index contributed by atoms with van der Waals surface area (Å²) in [5.74, 6) is 0. The summed E-state index contributed by atoms with van der Waals surface area (Å²) in [7, 11) is 0. The molecule has 132 valence electrons. The lowest BCUT2D eigenvalue weighted by molar-refractivity contribution is 0.693. The highest BCUT2D eigenvalue weighted by Gasteiger charge is 2.32. The third kappa shape index (κ3) is 4.74. The molecule has 0 unspecified atom stereocenters. The van der Waals surface area contributed by atoms with E-state index >= 15 is 0 Å². The molecule has 0 aliphatic heterocycles. The number of halogens is 1. The van der Waals surface area contributed by atoms with Crippen LogP contribution in [-0.2, 0) is 5.41 Å². The molecule has 25 heavy (non-hydrogen) atoms. The SMILES string of the molecule is CC.CC.CC(c1ccccc1)(c1ccccc1)c1ccccc1Cl. The molecule has 0 bridgehead atoms. The molecule has 0 amide bonds. The second kappa shape index (κ2) is 10.7. The minimum Gasteiger partial charge on any atom is -0.0840 e. The van der Waals surface area contributed by atoms with Crippen LogP contribution in [0.5, 0.6) is 0 Å². The van der Waals surface area contributed by atoms with Crippen LogP contribution in [0.1, 0.15) is 51.3 Å². The Morgan fingerprint density at radius 3 is 1.32 bits per heavy atom. The summed E-state index contributed by atoms with van der Waals surface area (Å²) in [5.41, 5.74) is 3.35. The zero-order valence-corrected chi connectivity index (χ0v) is 16.7. The van der Waals surface area contributed by atoms with Crippen LogP contribution in [0.4, 0.5) is 0 Å². The summed E-state index contributed by atoms with van der Waals surface area (Å²) in [6.45, 7) is 10.2. The molecule has 0 saturated heterocycles. The van der Waals surface area contributed by atoms with Crippen molar-refractivity contribution >= 4 is 11.6 Å². The Hall–Kier alpha value is -2.05. The normalized spacial score (nSPS) is 10.0. The Balaban J connectivity index is 0.000000730. The van der Waals surface area contributed by atoms with Crippen molar-refractivity contribution in [2.24, 2.45) is 0 Å². The smallest absolute Gasteiger partial charge is 0.0450 e. The zero-order valence-electron chi connectivity index (χ0n) is 16.0. The van der Waals surface area contributed by atoms with Crippen molar-refractivity contribution in [3.8, 4) is 0 Å². The van der Waals surface area contributed by atoms with E-state index in [-0.39, 0.29) is 5.41 Å². The average molecular weight is 353 g/mol. The number of benzene rings is 3. The minimum absolute atomic E-state index is 0.263. The molecule has 0 atom stereocenters. The quantitative estimate of drug-likeness (QED) is 0.423. The van der Waals surface area contributed by atoms with E-state index in [9.17, 15) is 0 Å². The van der Waals surface area contributed by atoms with Crippen LogP contribution in [-0.4, -0.2) is 0 Å². The standard InChI is InChI=1S/C20H17Cl.2C2H6/c1-20(16-10-4-2-5-11-16,17-12-6-3-7-13-17)18-14-8-9-15-19(18)21;2*1-2/h2-15H,1H3;2*1-2H3. The minimum atomic E-state index is -0.263. The second-order valence-electron chi connectivity index (χ2n) is 5.34. The van der Waals surface area contributed by atoms with Crippen LogP contribution in [0.2, 0.25) is 5.02 Å². The molecule has 0 saturated carbocycles. The second-order valence-corrected chi connectivity index (χ2v) is 5.74. The van der Waals surface area contributed by atoms with Gasteiger partial charge in [0.1, 0.15) is 0 Å². The van der Waals surface area contributed by atoms with Gasteiger partial charge in [-0.25, -0.2) is 0 Å². The fraction of sp³-hybridized carbons (Fsp3) is 0.250. The lowest BCUT2D eigenvalue weighted by atomic mass is 9.71. The summed E-state index contributed by atoms with van der Waals surface area (Å²) in [6, 6.07) is 29.1. The van der Waals surface area contributed by atoms with Crippen LogP contribution in [0.25, 0.3) is 0 Å². The molecule has 1 heteroatoms. The van der Waals surface area contributed by atoms with E-state index in [0.29, 0.717) is 0 Å². The highest BCUT2D eigenvalue weighted by molar-refractivity contribution is 6.31. The Kier molecular flexibility index (Phi) is 9.02. The summed E-state index contributed by atoms with van der Waals surface area (Å²) >= 11 is 6.51. The van der Waals surface area contributed by atoms with Gasteiger partial charge in [0.2, 0.25) is 0 Å². The monoisotopic (exact) mass is 352 g/mol. The Morgan fingerprint density at radius 1 is 0.560 bits per heavy atom. The predicted octanol–water partition coefficient (Wildman–Crippen LogP) is 7.75. The molecular formula is C24H29Cl. The maximum Gasteiger partial charge on any atom is 0.0450 e. The maximum absolute atomic E-state index is 6.51. The molecular weight excluding hydrogens is 324 g/mol. The first-order valence-electron chi connectivity index (χ1n) is 9.09. The lowest BCUT2D eigenvalue weighted by Gasteiger charge is -2.32. The summed E-state index contributed by atoms with van der Waals surface area (Å²) in [6.07, 6.45) is 0. The van der Waals surface area contributed by atoms with Gasteiger partial charge in [-0.1, -0.05) is 118 Å². The largest absolute Gasteiger partial charge is 0.0840 e. The van der Waals surface area contributed by atoms with Crippen molar-refractivity contribution < 1.29 is 0 Å². The zero-order chi connectivity index (χ0) is 18.7. The van der Waals surface area contributed by atoms with E-state index in [1.54, 1.807) is 0 Å². The van der Waals surface area contributed by atoms with Gasteiger partial charge < -0.3 is 0 Å². The van der Waals surface area contributed by atoms with Crippen molar-refractivity contribution in [2.45, 2.75) is 40.0 Å². The van der Waals surface area contributed by atoms with Crippen LogP contribution in [0.3, 0.4) is 0 Å². The van der Waals surface area contributed by atoms with Gasteiger partial charge in [0.15, 0.2) is 0 Å². The number of hydrogen-bond donors (Lipinski definition) is 0. The third-order valence-corrected chi connectivity index (χ3v) is 4.44. The fourth-order valence-electron chi connectivity index (χ4n) is 2.89. The van der Waals surface area contributed by atoms with Crippen molar-refractivity contribution in [2.75, 3.05) is 0 Å². The summed E-state index contributed by atoms with van der Waals surface area (Å²) in [4.78, 5) is 0. The molecule has 3 rings (SSSR count). The molecule has 3 aromatic rings. The average Bonchev–Trinajstić information content (AvgIpc) is 2.72. The Labute approximate surface area is 158 Å².